The van der Waals surface area contributed by atoms with E-state index in [-0.39, 0.29) is 25.1 Å². The van der Waals surface area contributed by atoms with Crippen LogP contribution in [0.1, 0.15) is 16.8 Å². The number of ether oxygens (including phenoxy) is 1. The first-order valence-electron chi connectivity index (χ1n) is 11.1. The van der Waals surface area contributed by atoms with E-state index in [0.29, 0.717) is 0 Å². The molecule has 1 aliphatic rings. The molecule has 0 N–H and O–H groups in total. The topological polar surface area (TPSA) is 79.6 Å². The third-order valence-electron chi connectivity index (χ3n) is 6.04. The molecule has 1 saturated heterocycles. The Balaban J connectivity index is 0.00000324. The highest BCUT2D eigenvalue weighted by molar-refractivity contribution is 5.85. The van der Waals surface area contributed by atoms with Gasteiger partial charge in [-0.25, -0.2) is 9.78 Å². The minimum absolute atomic E-state index is 0. The number of anilines is 1. The minimum atomic E-state index is -0.354. The van der Waals surface area contributed by atoms with Gasteiger partial charge in [0.25, 0.3) is 0 Å². The van der Waals surface area contributed by atoms with E-state index in [9.17, 15) is 4.79 Å². The van der Waals surface area contributed by atoms with Crippen molar-refractivity contribution in [3.63, 3.8) is 0 Å². The summed E-state index contributed by atoms with van der Waals surface area (Å²) in [5.41, 5.74) is 5.29. The number of halogens is 1. The third-order valence-corrected chi connectivity index (χ3v) is 6.04. The minimum Gasteiger partial charge on any atom is -0.445 e. The molecule has 3 aromatic rings. The molecule has 0 radical (unpaired) electrons. The number of aromatic nitrogens is 4. The van der Waals surface area contributed by atoms with Gasteiger partial charge in [-0.2, -0.15) is 5.10 Å². The van der Waals surface area contributed by atoms with Gasteiger partial charge >= 0.3 is 6.09 Å². The maximum Gasteiger partial charge on any atom is 0.409 e. The molecule has 10 heteroatoms. The second kappa shape index (κ2) is 11.3. The van der Waals surface area contributed by atoms with Gasteiger partial charge < -0.3 is 14.5 Å². The van der Waals surface area contributed by atoms with Gasteiger partial charge in [0.15, 0.2) is 5.82 Å². The summed E-state index contributed by atoms with van der Waals surface area (Å²) in [7, 11) is 5.32. The molecule has 182 valence electrons. The summed E-state index contributed by atoms with van der Waals surface area (Å²) in [6, 6.07) is 7.94. The lowest BCUT2D eigenvalue weighted by Gasteiger charge is -2.35. The number of carbonyl (C=O) groups excluding carboxylic acids is 1. The van der Waals surface area contributed by atoms with Crippen LogP contribution in [0.25, 0.3) is 11.3 Å². The largest absolute Gasteiger partial charge is 0.445 e. The fourth-order valence-electron chi connectivity index (χ4n) is 3.86. The highest BCUT2D eigenvalue weighted by Gasteiger charge is 2.22. The predicted molar refractivity (Wildman–Crippen MR) is 134 cm³/mol. The van der Waals surface area contributed by atoms with E-state index < -0.39 is 0 Å². The zero-order chi connectivity index (χ0) is 23.4. The summed E-state index contributed by atoms with van der Waals surface area (Å²) >= 11 is 0. The van der Waals surface area contributed by atoms with E-state index in [4.69, 9.17) is 4.74 Å². The molecule has 1 aliphatic heterocycles. The molecule has 9 nitrogen and oxygen atoms in total. The van der Waals surface area contributed by atoms with Crippen LogP contribution in [0.2, 0.25) is 0 Å². The summed E-state index contributed by atoms with van der Waals surface area (Å²) in [6.45, 7) is 6.97. The Morgan fingerprint density at radius 3 is 2.35 bits per heavy atom. The number of hydrogen-bond acceptors (Lipinski definition) is 7. The van der Waals surface area contributed by atoms with Gasteiger partial charge in [0, 0.05) is 83.1 Å². The molecule has 34 heavy (non-hydrogen) atoms. The normalized spacial score (nSPS) is 13.9. The van der Waals surface area contributed by atoms with Gasteiger partial charge in [-0.15, -0.1) is 12.4 Å². The van der Waals surface area contributed by atoms with Crippen molar-refractivity contribution in [2.24, 2.45) is 7.05 Å². The van der Waals surface area contributed by atoms with Crippen LogP contribution >= 0.6 is 12.4 Å². The Bertz CT molecular complexity index is 1090. The first kappa shape index (κ1) is 25.5. The zero-order valence-electron chi connectivity index (χ0n) is 20.1. The van der Waals surface area contributed by atoms with Crippen LogP contribution in [-0.4, -0.2) is 75.9 Å². The standard InChI is InChI=1S/C24H31N7O2.ClH/c1-18-21(15-27-29(18)4)16-30-11-13-31(14-12-30)23-22(25-9-10-26-23)20-7-5-19(6-8-20)17-33-24(32)28(2)3;/h5-10,15H,11-14,16-17H2,1-4H3;1H. The number of piperazine rings is 1. The summed E-state index contributed by atoms with van der Waals surface area (Å²) in [6.07, 6.45) is 5.09. The third kappa shape index (κ3) is 5.84. The number of hydrogen-bond donors (Lipinski definition) is 0. The molecule has 0 saturated carbocycles. The maximum absolute atomic E-state index is 11.6. The van der Waals surface area contributed by atoms with E-state index in [2.05, 4.69) is 31.8 Å². The van der Waals surface area contributed by atoms with Gasteiger partial charge in [-0.3, -0.25) is 14.6 Å². The van der Waals surface area contributed by atoms with E-state index in [1.807, 2.05) is 42.2 Å². The summed E-state index contributed by atoms with van der Waals surface area (Å²) in [4.78, 5) is 27.1. The van der Waals surface area contributed by atoms with E-state index in [1.54, 1.807) is 26.5 Å². The Kier molecular flexibility index (Phi) is 8.46. The molecule has 1 fully saturated rings. The van der Waals surface area contributed by atoms with Crippen LogP contribution in [0, 0.1) is 6.92 Å². The lowest BCUT2D eigenvalue weighted by atomic mass is 10.1. The van der Waals surface area contributed by atoms with Crippen LogP contribution < -0.4 is 4.90 Å². The smallest absolute Gasteiger partial charge is 0.409 e. The van der Waals surface area contributed by atoms with Crippen molar-refractivity contribution in [1.29, 1.82) is 0 Å². The lowest BCUT2D eigenvalue weighted by Crippen LogP contribution is -2.46. The average Bonchev–Trinajstić information content (AvgIpc) is 3.15. The molecule has 0 aliphatic carbocycles. The highest BCUT2D eigenvalue weighted by Crippen LogP contribution is 2.28. The molecule has 1 amide bonds. The molecule has 0 bridgehead atoms. The first-order valence-corrected chi connectivity index (χ1v) is 11.1. The molecule has 3 heterocycles. The number of carbonyl (C=O) groups is 1. The summed E-state index contributed by atoms with van der Waals surface area (Å²) < 4.78 is 7.18. The van der Waals surface area contributed by atoms with Gasteiger partial charge in [0.1, 0.15) is 12.3 Å². The zero-order valence-corrected chi connectivity index (χ0v) is 21.0. The van der Waals surface area contributed by atoms with Crippen molar-refractivity contribution >= 4 is 24.3 Å². The van der Waals surface area contributed by atoms with Gasteiger partial charge in [-0.1, -0.05) is 24.3 Å². The van der Waals surface area contributed by atoms with Crippen molar-refractivity contribution in [3.8, 4) is 11.3 Å². The molecular weight excluding hydrogens is 454 g/mol. The van der Waals surface area contributed by atoms with Crippen LogP contribution in [0.5, 0.6) is 0 Å². The Morgan fingerprint density at radius 1 is 1.06 bits per heavy atom. The number of amides is 1. The highest BCUT2D eigenvalue weighted by atomic mass is 35.5. The van der Waals surface area contributed by atoms with Crippen LogP contribution in [0.3, 0.4) is 0 Å². The van der Waals surface area contributed by atoms with Crippen LogP contribution in [0.4, 0.5) is 10.6 Å². The Morgan fingerprint density at radius 2 is 1.74 bits per heavy atom. The number of nitrogens with zero attached hydrogens (tertiary/aromatic N) is 7. The van der Waals surface area contributed by atoms with E-state index in [1.165, 1.54) is 16.2 Å². The van der Waals surface area contributed by atoms with Crippen molar-refractivity contribution < 1.29 is 9.53 Å². The summed E-state index contributed by atoms with van der Waals surface area (Å²) in [5.74, 6) is 0.904. The number of rotatable bonds is 6. The van der Waals surface area contributed by atoms with Crippen LogP contribution in [-0.2, 0) is 24.9 Å². The van der Waals surface area contributed by atoms with Crippen molar-refractivity contribution in [2.45, 2.75) is 20.1 Å². The van der Waals surface area contributed by atoms with Crippen LogP contribution in [0.15, 0.2) is 42.9 Å². The monoisotopic (exact) mass is 485 g/mol. The molecule has 0 spiro atoms. The van der Waals surface area contributed by atoms with Crippen molar-refractivity contribution in [3.05, 3.63) is 59.7 Å². The molecular formula is C24H32ClN7O2. The fourth-order valence-corrected chi connectivity index (χ4v) is 3.86. The lowest BCUT2D eigenvalue weighted by molar-refractivity contribution is 0.112. The molecule has 0 unspecified atom stereocenters. The second-order valence-electron chi connectivity index (χ2n) is 8.52. The SMILES string of the molecule is Cc1c(CN2CCN(c3nccnc3-c3ccc(COC(=O)N(C)C)cc3)CC2)cnn1C.Cl. The molecule has 4 rings (SSSR count). The molecule has 0 atom stereocenters. The summed E-state index contributed by atoms with van der Waals surface area (Å²) in [5, 5.41) is 4.36. The fraction of sp³-hybridized carbons (Fsp3) is 0.417. The predicted octanol–water partition coefficient (Wildman–Crippen LogP) is 3.13. The van der Waals surface area contributed by atoms with Gasteiger partial charge in [0.2, 0.25) is 0 Å². The number of aryl methyl sites for hydroxylation is 1. The van der Waals surface area contributed by atoms with Gasteiger partial charge in [0.05, 0.1) is 6.20 Å². The Hall–Kier alpha value is -3.17. The molecule has 2 aromatic heterocycles. The maximum atomic E-state index is 11.6. The van der Waals surface area contributed by atoms with Crippen molar-refractivity contribution in [1.82, 2.24) is 29.5 Å². The van der Waals surface area contributed by atoms with E-state index in [0.717, 1.165) is 55.4 Å². The molecule has 1 aromatic carbocycles. The number of benzene rings is 1. The first-order chi connectivity index (χ1) is 15.9. The second-order valence-corrected chi connectivity index (χ2v) is 8.52. The average molecular weight is 486 g/mol. The quantitative estimate of drug-likeness (QED) is 0.530. The van der Waals surface area contributed by atoms with Gasteiger partial charge in [-0.05, 0) is 12.5 Å². The Labute approximate surface area is 206 Å². The van der Waals surface area contributed by atoms with E-state index >= 15 is 0 Å². The van der Waals surface area contributed by atoms with Crippen molar-refractivity contribution in [2.75, 3.05) is 45.2 Å².